The van der Waals surface area contributed by atoms with Crippen molar-refractivity contribution in [2.75, 3.05) is 25.0 Å². The first-order valence-corrected chi connectivity index (χ1v) is 8.38. The maximum Gasteiger partial charge on any atom is 0.274 e. The minimum absolute atomic E-state index is 0.0334. The van der Waals surface area contributed by atoms with Crippen LogP contribution in [0.1, 0.15) is 28.9 Å². The summed E-state index contributed by atoms with van der Waals surface area (Å²) in [6, 6.07) is 8.17. The average Bonchev–Trinajstić information content (AvgIpc) is 3.16. The predicted octanol–water partition coefficient (Wildman–Crippen LogP) is 2.13. The van der Waals surface area contributed by atoms with E-state index in [0.717, 1.165) is 38.1 Å². The lowest BCUT2D eigenvalue weighted by Gasteiger charge is -2.26. The van der Waals surface area contributed by atoms with Gasteiger partial charge in [0.1, 0.15) is 23.9 Å². The van der Waals surface area contributed by atoms with Crippen molar-refractivity contribution in [2.45, 2.75) is 25.3 Å². The van der Waals surface area contributed by atoms with E-state index in [1.807, 2.05) is 23.1 Å². The first kappa shape index (κ1) is 14.9. The van der Waals surface area contributed by atoms with Gasteiger partial charge in [-0.3, -0.25) is 9.78 Å². The smallest absolute Gasteiger partial charge is 0.274 e. The monoisotopic (exact) mass is 324 g/mol. The van der Waals surface area contributed by atoms with E-state index in [1.54, 1.807) is 12.4 Å². The molecule has 0 saturated carbocycles. The van der Waals surface area contributed by atoms with Gasteiger partial charge in [-0.2, -0.15) is 0 Å². The first-order valence-electron chi connectivity index (χ1n) is 8.38. The summed E-state index contributed by atoms with van der Waals surface area (Å²) >= 11 is 0. The van der Waals surface area contributed by atoms with Gasteiger partial charge in [-0.15, -0.1) is 0 Å². The quantitative estimate of drug-likeness (QED) is 0.937. The highest BCUT2D eigenvalue weighted by Gasteiger charge is 2.23. The van der Waals surface area contributed by atoms with Gasteiger partial charge in [-0.1, -0.05) is 18.2 Å². The lowest BCUT2D eigenvalue weighted by molar-refractivity contribution is 0.0786. The molecule has 124 valence electrons. The molecule has 2 aliphatic rings. The number of para-hydroxylation sites is 1. The molecule has 0 bridgehead atoms. The number of nitrogens with zero attached hydrogens (tertiary/aromatic N) is 3. The molecule has 1 fully saturated rings. The molecule has 0 spiro atoms. The summed E-state index contributed by atoms with van der Waals surface area (Å²) in [6.45, 7) is 2.19. The van der Waals surface area contributed by atoms with E-state index in [0.29, 0.717) is 18.1 Å². The Bertz CT molecular complexity index is 743. The normalized spacial score (nSPS) is 19.5. The summed E-state index contributed by atoms with van der Waals surface area (Å²) in [5.74, 6) is 1.53. The fraction of sp³-hybridized carbons (Fsp3) is 0.389. The van der Waals surface area contributed by atoms with Crippen LogP contribution in [0.2, 0.25) is 0 Å². The minimum atomic E-state index is -0.0334. The number of amides is 1. The number of benzene rings is 1. The van der Waals surface area contributed by atoms with Crippen molar-refractivity contribution in [1.29, 1.82) is 0 Å². The molecule has 24 heavy (non-hydrogen) atoms. The Morgan fingerprint density at radius 2 is 2.04 bits per heavy atom. The third-order valence-electron chi connectivity index (χ3n) is 4.48. The molecular weight excluding hydrogens is 304 g/mol. The van der Waals surface area contributed by atoms with Crippen LogP contribution < -0.4 is 10.1 Å². The van der Waals surface area contributed by atoms with E-state index in [4.69, 9.17) is 4.74 Å². The summed E-state index contributed by atoms with van der Waals surface area (Å²) < 4.78 is 5.78. The van der Waals surface area contributed by atoms with E-state index < -0.39 is 0 Å². The Kier molecular flexibility index (Phi) is 4.02. The Hall–Kier alpha value is -2.63. The minimum Gasteiger partial charge on any atom is -0.491 e. The van der Waals surface area contributed by atoms with Crippen LogP contribution in [0.15, 0.2) is 36.7 Å². The van der Waals surface area contributed by atoms with Crippen molar-refractivity contribution in [3.63, 3.8) is 0 Å². The largest absolute Gasteiger partial charge is 0.491 e. The van der Waals surface area contributed by atoms with Gasteiger partial charge in [-0.05, 0) is 30.9 Å². The zero-order valence-electron chi connectivity index (χ0n) is 13.4. The molecule has 1 atom stereocenters. The maximum absolute atomic E-state index is 12.4. The number of hydrogen-bond acceptors (Lipinski definition) is 5. The molecular formula is C18H20N4O2. The van der Waals surface area contributed by atoms with Crippen LogP contribution in [0.5, 0.6) is 5.75 Å². The van der Waals surface area contributed by atoms with Gasteiger partial charge in [0.2, 0.25) is 0 Å². The topological polar surface area (TPSA) is 67.3 Å². The second-order valence-electron chi connectivity index (χ2n) is 6.25. The molecule has 2 aromatic rings. The van der Waals surface area contributed by atoms with Gasteiger partial charge in [0.15, 0.2) is 0 Å². The molecule has 6 heteroatoms. The number of aromatic nitrogens is 2. The maximum atomic E-state index is 12.4. The summed E-state index contributed by atoms with van der Waals surface area (Å²) in [4.78, 5) is 22.9. The molecule has 1 unspecified atom stereocenters. The zero-order valence-corrected chi connectivity index (χ0v) is 13.4. The molecule has 1 aromatic heterocycles. The molecule has 1 aromatic carbocycles. The second-order valence-corrected chi connectivity index (χ2v) is 6.25. The van der Waals surface area contributed by atoms with Crippen LogP contribution in [0, 0.1) is 0 Å². The number of ether oxygens (including phenoxy) is 1. The average molecular weight is 324 g/mol. The number of carbonyl (C=O) groups is 1. The standard InChI is InChI=1S/C18H20N4O2/c23-18(22-7-3-4-8-22)15-10-19-11-17(21-15)20-14-9-13-5-1-2-6-16(13)24-12-14/h1-2,5-6,10-11,14H,3-4,7-9,12H2,(H,20,21). The molecule has 1 amide bonds. The van der Waals surface area contributed by atoms with Crippen molar-refractivity contribution >= 4 is 11.7 Å². The van der Waals surface area contributed by atoms with Crippen LogP contribution in [0.3, 0.4) is 0 Å². The van der Waals surface area contributed by atoms with Crippen molar-refractivity contribution in [1.82, 2.24) is 14.9 Å². The number of anilines is 1. The van der Waals surface area contributed by atoms with Crippen LogP contribution in [-0.2, 0) is 6.42 Å². The highest BCUT2D eigenvalue weighted by molar-refractivity contribution is 5.92. The lowest BCUT2D eigenvalue weighted by atomic mass is 10.0. The van der Waals surface area contributed by atoms with Crippen molar-refractivity contribution in [2.24, 2.45) is 0 Å². The summed E-state index contributed by atoms with van der Waals surface area (Å²) in [5.41, 5.74) is 1.58. The molecule has 0 radical (unpaired) electrons. The lowest BCUT2D eigenvalue weighted by Crippen LogP contribution is -2.34. The fourth-order valence-electron chi connectivity index (χ4n) is 3.25. The van der Waals surface area contributed by atoms with Crippen molar-refractivity contribution < 1.29 is 9.53 Å². The molecule has 4 rings (SSSR count). The Morgan fingerprint density at radius 1 is 1.21 bits per heavy atom. The van der Waals surface area contributed by atoms with Crippen molar-refractivity contribution in [3.8, 4) is 5.75 Å². The van der Waals surface area contributed by atoms with Crippen LogP contribution in [0.25, 0.3) is 0 Å². The summed E-state index contributed by atoms with van der Waals surface area (Å²) in [7, 11) is 0. The molecule has 6 nitrogen and oxygen atoms in total. The number of carbonyl (C=O) groups excluding carboxylic acids is 1. The predicted molar refractivity (Wildman–Crippen MR) is 90.2 cm³/mol. The van der Waals surface area contributed by atoms with E-state index in [1.165, 1.54) is 5.56 Å². The Labute approximate surface area is 140 Å². The molecule has 1 N–H and O–H groups in total. The number of hydrogen-bond donors (Lipinski definition) is 1. The third kappa shape index (κ3) is 3.04. The highest BCUT2D eigenvalue weighted by atomic mass is 16.5. The van der Waals surface area contributed by atoms with Gasteiger partial charge in [-0.25, -0.2) is 4.98 Å². The van der Waals surface area contributed by atoms with Crippen LogP contribution in [-0.4, -0.2) is 46.5 Å². The van der Waals surface area contributed by atoms with E-state index in [2.05, 4.69) is 21.4 Å². The Balaban J connectivity index is 1.46. The highest BCUT2D eigenvalue weighted by Crippen LogP contribution is 2.25. The summed E-state index contributed by atoms with van der Waals surface area (Å²) in [5, 5.41) is 3.34. The van der Waals surface area contributed by atoms with Gasteiger partial charge in [0, 0.05) is 13.1 Å². The molecule has 1 saturated heterocycles. The third-order valence-corrected chi connectivity index (χ3v) is 4.48. The number of fused-ring (bicyclic) bond motifs is 1. The number of rotatable bonds is 3. The van der Waals surface area contributed by atoms with Gasteiger partial charge < -0.3 is 15.0 Å². The molecule has 0 aliphatic carbocycles. The van der Waals surface area contributed by atoms with E-state index in [9.17, 15) is 4.79 Å². The van der Waals surface area contributed by atoms with E-state index >= 15 is 0 Å². The Morgan fingerprint density at radius 3 is 2.92 bits per heavy atom. The fourth-order valence-corrected chi connectivity index (χ4v) is 3.25. The van der Waals surface area contributed by atoms with Gasteiger partial charge in [0.05, 0.1) is 18.4 Å². The SMILES string of the molecule is O=C(c1cncc(NC2COc3ccccc3C2)n1)N1CCCC1. The molecule has 3 heterocycles. The molecule has 2 aliphatic heterocycles. The second kappa shape index (κ2) is 6.47. The number of likely N-dealkylation sites (tertiary alicyclic amines) is 1. The van der Waals surface area contributed by atoms with Gasteiger partial charge >= 0.3 is 0 Å². The van der Waals surface area contributed by atoms with E-state index in [-0.39, 0.29) is 11.9 Å². The number of nitrogens with one attached hydrogen (secondary N) is 1. The van der Waals surface area contributed by atoms with Crippen LogP contribution in [0.4, 0.5) is 5.82 Å². The zero-order chi connectivity index (χ0) is 16.4. The summed E-state index contributed by atoms with van der Waals surface area (Å²) in [6.07, 6.45) is 6.19. The van der Waals surface area contributed by atoms with Crippen molar-refractivity contribution in [3.05, 3.63) is 47.9 Å². The van der Waals surface area contributed by atoms with Gasteiger partial charge in [0.25, 0.3) is 5.91 Å². The van der Waals surface area contributed by atoms with Crippen LogP contribution >= 0.6 is 0 Å². The first-order chi connectivity index (χ1) is 11.8.